The number of ketones is 4. The van der Waals surface area contributed by atoms with Crippen molar-refractivity contribution in [2.24, 2.45) is 32.0 Å². The average molecular weight is 1220 g/mol. The Kier molecular flexibility index (Phi) is 20.1. The summed E-state index contributed by atoms with van der Waals surface area (Å²) < 4.78 is 16.9. The lowest BCUT2D eigenvalue weighted by atomic mass is 9.97. The zero-order valence-corrected chi connectivity index (χ0v) is 47.3. The van der Waals surface area contributed by atoms with Crippen LogP contribution in [0.25, 0.3) is 0 Å². The van der Waals surface area contributed by atoms with Gasteiger partial charge in [0.25, 0.3) is 11.8 Å². The van der Waals surface area contributed by atoms with Gasteiger partial charge in [0, 0.05) is 35.1 Å². The predicted molar refractivity (Wildman–Crippen MR) is 299 cm³/mol. The normalized spacial score (nSPS) is 15.5. The molecule has 410 valence electrons. The van der Waals surface area contributed by atoms with E-state index in [1.807, 2.05) is 41.5 Å². The first-order valence-electron chi connectivity index (χ1n) is 23.1. The SMILES string of the molecule is CC(C)C1=CC(Oc2c(Cl)cc(N3N=C(C#N)C(=O)CC3=O)cc2Cl)=NCC1=O.CC(C)C1=CC(Oc2c(Cl)cc(N3N=C(C(=O)O)C(=O)CC3=O)cc2Cl)=NCC1=O.CC(C)c1cc(Oc2c(Cl)cc(N)cc2Cl)nnc1Cl. The Morgan fingerprint density at radius 3 is 1.43 bits per heavy atom. The van der Waals surface area contributed by atoms with Crippen LogP contribution in [-0.4, -0.2) is 92.5 Å². The average Bonchev–Trinajstić information content (AvgIpc) is 3.36. The number of hydrogen-bond acceptors (Lipinski definition) is 18. The number of carboxylic acid groups (broad SMARTS) is 1. The van der Waals surface area contributed by atoms with Crippen LogP contribution in [-0.2, 0) is 33.6 Å². The van der Waals surface area contributed by atoms with E-state index >= 15 is 0 Å². The number of nitrogens with zero attached hydrogens (tertiary/aromatic N) is 9. The number of benzene rings is 3. The minimum Gasteiger partial charge on any atom is -0.476 e. The molecule has 0 saturated carbocycles. The summed E-state index contributed by atoms with van der Waals surface area (Å²) in [6.45, 7) is 11.4. The number of aliphatic carboxylic acids is 1. The molecule has 28 heteroatoms. The number of aliphatic imine (C=N–C) groups is 2. The summed E-state index contributed by atoms with van der Waals surface area (Å²) in [7, 11) is 0. The number of halogens is 7. The number of hydrazone groups is 2. The van der Waals surface area contributed by atoms with E-state index in [4.69, 9.17) is 112 Å². The number of anilines is 3. The van der Waals surface area contributed by atoms with Crippen molar-refractivity contribution >= 4 is 162 Å². The molecule has 4 aromatic rings. The van der Waals surface area contributed by atoms with Crippen molar-refractivity contribution in [2.45, 2.75) is 60.3 Å². The highest BCUT2D eigenvalue weighted by Gasteiger charge is 2.34. The van der Waals surface area contributed by atoms with Gasteiger partial charge in [-0.25, -0.2) is 14.8 Å². The van der Waals surface area contributed by atoms with E-state index in [1.54, 1.807) is 30.3 Å². The maximum Gasteiger partial charge on any atom is 0.360 e. The van der Waals surface area contributed by atoms with Crippen molar-refractivity contribution in [1.29, 1.82) is 5.26 Å². The molecule has 4 aliphatic heterocycles. The Bertz CT molecular complexity index is 3430. The number of carboxylic acids is 1. The Balaban J connectivity index is 0.000000195. The van der Waals surface area contributed by atoms with Gasteiger partial charge in [-0.1, -0.05) is 123 Å². The second-order valence-electron chi connectivity index (χ2n) is 17.8. The lowest BCUT2D eigenvalue weighted by molar-refractivity contribution is -0.131. The molecular formula is C51H41Cl7N10O11. The van der Waals surface area contributed by atoms with E-state index in [-0.39, 0.29) is 115 Å². The number of hydrogen-bond donors (Lipinski definition) is 2. The van der Waals surface area contributed by atoms with Gasteiger partial charge in [-0.3, -0.25) is 28.8 Å². The van der Waals surface area contributed by atoms with Crippen molar-refractivity contribution in [1.82, 2.24) is 10.2 Å². The Morgan fingerprint density at radius 1 is 0.595 bits per heavy atom. The van der Waals surface area contributed by atoms with Gasteiger partial charge < -0.3 is 25.1 Å². The Hall–Kier alpha value is -7.29. The highest BCUT2D eigenvalue weighted by Crippen LogP contribution is 2.41. The largest absolute Gasteiger partial charge is 0.476 e. The second-order valence-corrected chi connectivity index (χ2v) is 20.6. The molecule has 0 spiro atoms. The van der Waals surface area contributed by atoms with Gasteiger partial charge in [0.15, 0.2) is 39.8 Å². The summed E-state index contributed by atoms with van der Waals surface area (Å²) in [6, 6.07) is 11.8. The van der Waals surface area contributed by atoms with Crippen LogP contribution in [0.15, 0.2) is 86.0 Å². The molecule has 21 nitrogen and oxygen atoms in total. The minimum absolute atomic E-state index is 0.00457. The maximum atomic E-state index is 12.2. The van der Waals surface area contributed by atoms with E-state index in [1.165, 1.54) is 30.3 Å². The molecule has 1 aromatic heterocycles. The molecule has 5 heterocycles. The summed E-state index contributed by atoms with van der Waals surface area (Å²) >= 11 is 43.2. The van der Waals surface area contributed by atoms with Crippen LogP contribution in [0.5, 0.6) is 23.1 Å². The highest BCUT2D eigenvalue weighted by atomic mass is 35.5. The number of amides is 2. The zero-order valence-electron chi connectivity index (χ0n) is 42.0. The van der Waals surface area contributed by atoms with Crippen LogP contribution in [0.2, 0.25) is 35.3 Å². The van der Waals surface area contributed by atoms with Gasteiger partial charge in [0.2, 0.25) is 34.9 Å². The first kappa shape index (κ1) is 60.9. The first-order chi connectivity index (χ1) is 37.2. The second kappa shape index (κ2) is 26.1. The number of nitriles is 1. The molecule has 3 N–H and O–H groups in total. The molecule has 0 radical (unpaired) electrons. The summed E-state index contributed by atoms with van der Waals surface area (Å²) in [6.07, 6.45) is 1.93. The van der Waals surface area contributed by atoms with E-state index in [0.29, 0.717) is 32.0 Å². The minimum atomic E-state index is -1.55. The molecule has 0 atom stereocenters. The standard InChI is InChI=1S/C19H14Cl2N4O4.C19H15Cl2N3O6.C13H12Cl3N3O/c1-9(2)11-5-17(23-8-16(11)27)29-19-12(20)3-10(4-13(19)21)25-18(28)6-15(26)14(7-22)24-25;1-8(2)10-5-15(22-7-14(10)26)30-18-11(20)3-9(4-12(18)21)24-16(27)6-13(25)17(23-24)19(28)29;1-6(2)8-5-11(18-19-13(8)16)20-12-9(14)3-7(17)4-10(12)15/h3-5,9H,6,8H2,1-2H3;3-5,8H,6-7H2,1-2H3,(H,28,29);3-6H,17H2,1-2H3. The third-order valence-electron chi connectivity index (χ3n) is 11.0. The van der Waals surface area contributed by atoms with Gasteiger partial charge in [-0.2, -0.15) is 25.5 Å². The number of ether oxygens (including phenoxy) is 3. The summed E-state index contributed by atoms with van der Waals surface area (Å²) in [5, 5.41) is 35.8. The van der Waals surface area contributed by atoms with Crippen LogP contribution in [0.1, 0.15) is 65.9 Å². The Labute approximate surface area is 484 Å². The molecule has 0 saturated heterocycles. The van der Waals surface area contributed by atoms with Crippen molar-refractivity contribution < 1.29 is 52.9 Å². The molecule has 0 aliphatic carbocycles. The molecule has 0 bridgehead atoms. The molecule has 3 aromatic carbocycles. The van der Waals surface area contributed by atoms with Gasteiger partial charge in [-0.05, 0) is 59.7 Å². The number of dihydropyridines is 2. The van der Waals surface area contributed by atoms with Gasteiger partial charge in [0.05, 0.1) is 54.4 Å². The third-order valence-corrected chi connectivity index (χ3v) is 13.0. The molecular weight excluding hydrogens is 1180 g/mol. The fraction of sp³-hybridized carbons (Fsp3) is 0.255. The van der Waals surface area contributed by atoms with Crippen LogP contribution < -0.4 is 30.0 Å². The lowest BCUT2D eigenvalue weighted by Crippen LogP contribution is -2.40. The molecule has 0 unspecified atom stereocenters. The molecule has 0 fully saturated rings. The van der Waals surface area contributed by atoms with Crippen molar-refractivity contribution in [3.63, 3.8) is 0 Å². The number of nitrogens with two attached hydrogens (primary N) is 1. The van der Waals surface area contributed by atoms with Gasteiger partial charge in [0.1, 0.15) is 19.2 Å². The molecule has 8 rings (SSSR count). The lowest BCUT2D eigenvalue weighted by Gasteiger charge is -2.22. The van der Waals surface area contributed by atoms with Crippen LogP contribution in [0.4, 0.5) is 17.1 Å². The third kappa shape index (κ3) is 14.9. The summed E-state index contributed by atoms with van der Waals surface area (Å²) in [5.41, 5.74) is 7.15. The predicted octanol–water partition coefficient (Wildman–Crippen LogP) is 10.7. The monoisotopic (exact) mass is 1210 g/mol. The van der Waals surface area contributed by atoms with Crippen molar-refractivity contribution in [3.8, 4) is 29.2 Å². The number of rotatable bonds is 10. The van der Waals surface area contributed by atoms with E-state index < -0.39 is 47.9 Å². The van der Waals surface area contributed by atoms with E-state index in [2.05, 4.69) is 30.4 Å². The van der Waals surface area contributed by atoms with Crippen molar-refractivity contribution in [2.75, 3.05) is 28.8 Å². The Morgan fingerprint density at radius 2 is 1.01 bits per heavy atom. The molecule has 2 amide bonds. The van der Waals surface area contributed by atoms with Crippen LogP contribution in [0.3, 0.4) is 0 Å². The quantitative estimate of drug-likeness (QED) is 0.110. The van der Waals surface area contributed by atoms with Crippen LogP contribution in [0, 0.1) is 23.2 Å². The first-order valence-corrected chi connectivity index (χ1v) is 25.7. The van der Waals surface area contributed by atoms with Gasteiger partial charge in [-0.15, -0.1) is 10.2 Å². The number of carbonyl (C=O) groups is 7. The van der Waals surface area contributed by atoms with E-state index in [0.717, 1.165) is 15.6 Å². The van der Waals surface area contributed by atoms with E-state index in [9.17, 15) is 33.6 Å². The zero-order chi connectivity index (χ0) is 58.3. The number of nitrogen functional groups attached to an aromatic ring is 1. The number of carbonyl (C=O) groups excluding carboxylic acids is 6. The number of aromatic nitrogens is 2. The highest BCUT2D eigenvalue weighted by molar-refractivity contribution is 6.66. The fourth-order valence-electron chi connectivity index (χ4n) is 7.12. The molecule has 4 aliphatic rings. The maximum absolute atomic E-state index is 12.2. The molecule has 79 heavy (non-hydrogen) atoms. The summed E-state index contributed by atoms with van der Waals surface area (Å²) in [4.78, 5) is 90.6. The van der Waals surface area contributed by atoms with Crippen molar-refractivity contribution in [3.05, 3.63) is 107 Å². The smallest absolute Gasteiger partial charge is 0.360 e. The van der Waals surface area contributed by atoms with Gasteiger partial charge >= 0.3 is 5.97 Å². The fourth-order valence-corrected chi connectivity index (χ4v) is 9.11. The van der Waals surface area contributed by atoms with Crippen LogP contribution >= 0.6 is 81.2 Å². The number of Topliss-reactive ketones (excluding diaryl/α,β-unsaturated/α-hetero) is 4. The summed E-state index contributed by atoms with van der Waals surface area (Å²) in [5.74, 6) is -3.41. The topological polar surface area (TPSA) is 299 Å².